The van der Waals surface area contributed by atoms with Crippen molar-refractivity contribution in [3.63, 3.8) is 0 Å². The topological polar surface area (TPSA) is 30.2 Å². The molecule has 4 aromatic rings. The second-order valence-electron chi connectivity index (χ2n) is 5.90. The second kappa shape index (κ2) is 5.10. The molecule has 2 nitrogen and oxygen atoms in total. The van der Waals surface area contributed by atoms with Crippen molar-refractivity contribution >= 4 is 27.7 Å². The number of para-hydroxylation sites is 1. The van der Waals surface area contributed by atoms with Crippen LogP contribution in [0, 0.1) is 6.92 Å². The molecule has 0 N–H and O–H groups in total. The first-order valence-corrected chi connectivity index (χ1v) is 7.67. The molecular weight excluding hydrogens is 284 g/mol. The van der Waals surface area contributed by atoms with Crippen LogP contribution in [0.1, 0.15) is 22.8 Å². The van der Waals surface area contributed by atoms with Crippen LogP contribution in [0.3, 0.4) is 0 Å². The maximum Gasteiger partial charge on any atom is 0.163 e. The molecule has 3 aromatic carbocycles. The molecule has 0 fully saturated rings. The van der Waals surface area contributed by atoms with Gasteiger partial charge in [-0.15, -0.1) is 0 Å². The molecule has 0 aliphatic rings. The predicted molar refractivity (Wildman–Crippen MR) is 93.9 cm³/mol. The second-order valence-corrected chi connectivity index (χ2v) is 5.90. The van der Waals surface area contributed by atoms with Gasteiger partial charge in [-0.3, -0.25) is 4.79 Å². The number of furan rings is 1. The predicted octanol–water partition coefficient (Wildman–Crippen LogP) is 5.76. The van der Waals surface area contributed by atoms with Crippen LogP contribution in [0.4, 0.5) is 0 Å². The highest BCUT2D eigenvalue weighted by Gasteiger charge is 2.16. The molecule has 23 heavy (non-hydrogen) atoms. The van der Waals surface area contributed by atoms with E-state index in [0.717, 1.165) is 33.0 Å². The number of hydrogen-bond donors (Lipinski definition) is 0. The molecule has 1 aromatic heterocycles. The van der Waals surface area contributed by atoms with E-state index < -0.39 is 0 Å². The number of carbonyl (C=O) groups is 1. The van der Waals surface area contributed by atoms with Crippen LogP contribution in [0.5, 0.6) is 0 Å². The fraction of sp³-hybridized carbons (Fsp3) is 0.0952. The third-order valence-corrected chi connectivity index (χ3v) is 4.21. The quantitative estimate of drug-likeness (QED) is 0.440. The molecule has 0 radical (unpaired) electrons. The Hall–Kier alpha value is -2.87. The third-order valence-electron chi connectivity index (χ3n) is 4.21. The van der Waals surface area contributed by atoms with E-state index in [9.17, 15) is 4.79 Å². The van der Waals surface area contributed by atoms with Crippen LogP contribution in [-0.2, 0) is 0 Å². The lowest BCUT2D eigenvalue weighted by Crippen LogP contribution is -1.93. The van der Waals surface area contributed by atoms with Gasteiger partial charge in [-0.25, -0.2) is 0 Å². The van der Waals surface area contributed by atoms with Gasteiger partial charge in [-0.2, -0.15) is 0 Å². The highest BCUT2D eigenvalue weighted by atomic mass is 16.3. The van der Waals surface area contributed by atoms with E-state index in [1.54, 1.807) is 6.92 Å². The average molecular weight is 300 g/mol. The molecule has 0 amide bonds. The number of carbonyl (C=O) groups excluding carboxylic acids is 1. The van der Waals surface area contributed by atoms with Gasteiger partial charge in [0.05, 0.1) is 5.56 Å². The van der Waals surface area contributed by atoms with E-state index in [1.165, 1.54) is 0 Å². The Kier molecular flexibility index (Phi) is 3.05. The van der Waals surface area contributed by atoms with E-state index in [0.29, 0.717) is 11.1 Å². The van der Waals surface area contributed by atoms with Crippen molar-refractivity contribution < 1.29 is 9.21 Å². The van der Waals surface area contributed by atoms with Crippen molar-refractivity contribution in [2.24, 2.45) is 0 Å². The highest BCUT2D eigenvalue weighted by Crippen LogP contribution is 2.37. The maximum absolute atomic E-state index is 12.0. The summed E-state index contributed by atoms with van der Waals surface area (Å²) in [5, 5.41) is 2.05. The van der Waals surface area contributed by atoms with Crippen LogP contribution in [-0.4, -0.2) is 5.78 Å². The zero-order valence-electron chi connectivity index (χ0n) is 13.1. The molecule has 0 bridgehead atoms. The van der Waals surface area contributed by atoms with E-state index in [4.69, 9.17) is 4.42 Å². The Labute approximate surface area is 134 Å². The molecular formula is C21H16O2. The van der Waals surface area contributed by atoms with Crippen LogP contribution in [0.15, 0.2) is 65.1 Å². The Morgan fingerprint density at radius 3 is 2.39 bits per heavy atom. The summed E-state index contributed by atoms with van der Waals surface area (Å²) in [6, 6.07) is 20.3. The molecule has 0 unspecified atom stereocenters. The summed E-state index contributed by atoms with van der Waals surface area (Å²) < 4.78 is 6.16. The number of Topliss-reactive ketones (excluding diaryl/α,β-unsaturated/α-hetero) is 1. The van der Waals surface area contributed by atoms with Crippen molar-refractivity contribution in [1.29, 1.82) is 0 Å². The molecule has 1 heterocycles. The van der Waals surface area contributed by atoms with Gasteiger partial charge in [0.15, 0.2) is 5.78 Å². The SMILES string of the molecule is CC(=O)c1cc(C)cc2c1oc1c(-c3ccccc3)cccc12. The summed E-state index contributed by atoms with van der Waals surface area (Å²) in [5.41, 5.74) is 5.39. The highest BCUT2D eigenvalue weighted by molar-refractivity contribution is 6.15. The minimum atomic E-state index is 0.0269. The summed E-state index contributed by atoms with van der Waals surface area (Å²) in [7, 11) is 0. The molecule has 0 saturated heterocycles. The third kappa shape index (κ3) is 2.15. The lowest BCUT2D eigenvalue weighted by molar-refractivity contribution is 0.101. The number of rotatable bonds is 2. The van der Waals surface area contributed by atoms with Crippen molar-refractivity contribution in [1.82, 2.24) is 0 Å². The Morgan fingerprint density at radius 1 is 0.870 bits per heavy atom. The summed E-state index contributed by atoms with van der Waals surface area (Å²) in [5.74, 6) is 0.0269. The molecule has 112 valence electrons. The van der Waals surface area contributed by atoms with Crippen LogP contribution in [0.2, 0.25) is 0 Å². The van der Waals surface area contributed by atoms with Crippen LogP contribution in [0.25, 0.3) is 33.1 Å². The van der Waals surface area contributed by atoms with Gasteiger partial charge in [-0.05, 0) is 37.1 Å². The Morgan fingerprint density at radius 2 is 1.65 bits per heavy atom. The molecule has 0 aliphatic heterocycles. The van der Waals surface area contributed by atoms with Crippen molar-refractivity contribution in [2.45, 2.75) is 13.8 Å². The van der Waals surface area contributed by atoms with Crippen molar-refractivity contribution in [3.05, 3.63) is 71.8 Å². The smallest absolute Gasteiger partial charge is 0.163 e. The number of fused-ring (bicyclic) bond motifs is 3. The molecule has 4 rings (SSSR count). The van der Waals surface area contributed by atoms with Gasteiger partial charge in [0.25, 0.3) is 0 Å². The maximum atomic E-state index is 12.0. The molecule has 0 aliphatic carbocycles. The minimum absolute atomic E-state index is 0.0269. The molecule has 0 spiro atoms. The lowest BCUT2D eigenvalue weighted by atomic mass is 10.0. The zero-order valence-corrected chi connectivity index (χ0v) is 13.1. The zero-order chi connectivity index (χ0) is 16.0. The fourth-order valence-corrected chi connectivity index (χ4v) is 3.15. The van der Waals surface area contributed by atoms with E-state index in [1.807, 2.05) is 37.3 Å². The van der Waals surface area contributed by atoms with Crippen LogP contribution >= 0.6 is 0 Å². The molecule has 0 atom stereocenters. The first-order chi connectivity index (χ1) is 11.1. The number of hydrogen-bond acceptors (Lipinski definition) is 2. The largest absolute Gasteiger partial charge is 0.455 e. The lowest BCUT2D eigenvalue weighted by Gasteiger charge is -2.01. The average Bonchev–Trinajstić information content (AvgIpc) is 2.93. The van der Waals surface area contributed by atoms with Crippen LogP contribution < -0.4 is 0 Å². The summed E-state index contributed by atoms with van der Waals surface area (Å²) in [4.78, 5) is 12.0. The van der Waals surface area contributed by atoms with Gasteiger partial charge in [0, 0.05) is 16.3 Å². The van der Waals surface area contributed by atoms with E-state index >= 15 is 0 Å². The fourth-order valence-electron chi connectivity index (χ4n) is 3.15. The standard InChI is InChI=1S/C21H16O2/c1-13-11-18(14(2)22)21-19(12-13)17-10-6-9-16(20(17)23-21)15-7-4-3-5-8-15/h3-12H,1-2H3. The summed E-state index contributed by atoms with van der Waals surface area (Å²) in [6.45, 7) is 3.59. The minimum Gasteiger partial charge on any atom is -0.455 e. The van der Waals surface area contributed by atoms with Gasteiger partial charge in [0.1, 0.15) is 11.2 Å². The number of aryl methyl sites for hydroxylation is 1. The van der Waals surface area contributed by atoms with Crippen molar-refractivity contribution in [2.75, 3.05) is 0 Å². The summed E-state index contributed by atoms with van der Waals surface area (Å²) >= 11 is 0. The first-order valence-electron chi connectivity index (χ1n) is 7.67. The Bertz CT molecular complexity index is 1040. The van der Waals surface area contributed by atoms with E-state index in [-0.39, 0.29) is 5.78 Å². The van der Waals surface area contributed by atoms with E-state index in [2.05, 4.69) is 30.3 Å². The summed E-state index contributed by atoms with van der Waals surface area (Å²) in [6.07, 6.45) is 0. The van der Waals surface area contributed by atoms with Crippen molar-refractivity contribution in [3.8, 4) is 11.1 Å². The Balaban J connectivity index is 2.14. The monoisotopic (exact) mass is 300 g/mol. The molecule has 0 saturated carbocycles. The van der Waals surface area contributed by atoms with Gasteiger partial charge < -0.3 is 4.42 Å². The van der Waals surface area contributed by atoms with Gasteiger partial charge in [-0.1, -0.05) is 48.5 Å². The molecule has 2 heteroatoms. The first kappa shape index (κ1) is 13.8. The number of benzene rings is 3. The van der Waals surface area contributed by atoms with Gasteiger partial charge >= 0.3 is 0 Å². The van der Waals surface area contributed by atoms with Gasteiger partial charge in [0.2, 0.25) is 0 Å². The normalized spacial score (nSPS) is 11.2. The number of ketones is 1.